The standard InChI is InChI=1S/C22H27N3O4/c1-25(2)15-6-7-19-17(9-15)18-10-16(28-20(13-26)22(18)29-19)11-21(27)24-12-14-5-3-4-8-23-14/h3-9,16,18,20,22,26H,10-13H2,1-2H3,(H,24,27)/t16-,18-,20-,22+/m0/s1. The van der Waals surface area contributed by atoms with Crippen LogP contribution in [0.4, 0.5) is 5.69 Å². The van der Waals surface area contributed by atoms with Crippen molar-refractivity contribution in [1.29, 1.82) is 0 Å². The van der Waals surface area contributed by atoms with Gasteiger partial charge in [0.1, 0.15) is 18.0 Å². The molecule has 4 rings (SSSR count). The number of nitrogens with one attached hydrogen (secondary N) is 1. The van der Waals surface area contributed by atoms with Crippen LogP contribution in [0.3, 0.4) is 0 Å². The van der Waals surface area contributed by atoms with Crippen LogP contribution in [0.25, 0.3) is 0 Å². The van der Waals surface area contributed by atoms with Gasteiger partial charge in [0.25, 0.3) is 0 Å². The topological polar surface area (TPSA) is 83.9 Å². The summed E-state index contributed by atoms with van der Waals surface area (Å²) in [6.45, 7) is 0.252. The largest absolute Gasteiger partial charge is 0.487 e. The zero-order valence-electron chi connectivity index (χ0n) is 16.7. The van der Waals surface area contributed by atoms with Gasteiger partial charge in [-0.1, -0.05) is 6.07 Å². The molecule has 1 saturated heterocycles. The summed E-state index contributed by atoms with van der Waals surface area (Å²) in [5.41, 5.74) is 3.04. The van der Waals surface area contributed by atoms with Crippen LogP contribution in [-0.2, 0) is 16.1 Å². The number of rotatable bonds is 6. The summed E-state index contributed by atoms with van der Waals surface area (Å²) in [5.74, 6) is 0.856. The summed E-state index contributed by atoms with van der Waals surface area (Å²) >= 11 is 0. The van der Waals surface area contributed by atoms with Crippen LogP contribution in [0.5, 0.6) is 5.75 Å². The van der Waals surface area contributed by atoms with Crippen LogP contribution in [0.15, 0.2) is 42.6 Å². The van der Waals surface area contributed by atoms with Gasteiger partial charge in [-0.05, 0) is 36.8 Å². The number of fused-ring (bicyclic) bond motifs is 3. The van der Waals surface area contributed by atoms with Crippen LogP contribution < -0.4 is 15.0 Å². The normalized spacial score (nSPS) is 24.9. The predicted octanol–water partition coefficient (Wildman–Crippen LogP) is 1.85. The lowest BCUT2D eigenvalue weighted by Crippen LogP contribution is -2.47. The van der Waals surface area contributed by atoms with Crippen molar-refractivity contribution in [1.82, 2.24) is 10.3 Å². The van der Waals surface area contributed by atoms with Crippen molar-refractivity contribution >= 4 is 11.6 Å². The van der Waals surface area contributed by atoms with Gasteiger partial charge in [-0.2, -0.15) is 0 Å². The summed E-state index contributed by atoms with van der Waals surface area (Å²) in [7, 11) is 4.01. The van der Waals surface area contributed by atoms with Gasteiger partial charge in [-0.15, -0.1) is 0 Å². The Morgan fingerprint density at radius 1 is 1.31 bits per heavy atom. The van der Waals surface area contributed by atoms with Gasteiger partial charge in [-0.25, -0.2) is 0 Å². The molecule has 2 aliphatic rings. The molecule has 1 fully saturated rings. The summed E-state index contributed by atoms with van der Waals surface area (Å²) in [5, 5.41) is 12.7. The average Bonchev–Trinajstić information content (AvgIpc) is 3.10. The fraction of sp³-hybridized carbons (Fsp3) is 0.455. The second-order valence-corrected chi connectivity index (χ2v) is 7.82. The minimum Gasteiger partial charge on any atom is -0.487 e. The lowest BCUT2D eigenvalue weighted by molar-refractivity contribution is -0.142. The first-order chi connectivity index (χ1) is 14.0. The Morgan fingerprint density at radius 3 is 2.90 bits per heavy atom. The van der Waals surface area contributed by atoms with Crippen molar-refractivity contribution in [3.8, 4) is 5.75 Å². The second-order valence-electron chi connectivity index (χ2n) is 7.82. The van der Waals surface area contributed by atoms with E-state index in [4.69, 9.17) is 9.47 Å². The maximum atomic E-state index is 12.4. The second kappa shape index (κ2) is 8.39. The molecule has 0 aliphatic carbocycles. The maximum Gasteiger partial charge on any atom is 0.222 e. The number of amides is 1. The molecule has 1 amide bonds. The van der Waals surface area contributed by atoms with Crippen LogP contribution >= 0.6 is 0 Å². The summed E-state index contributed by atoms with van der Waals surface area (Å²) in [6.07, 6.45) is 1.70. The molecule has 29 heavy (non-hydrogen) atoms. The van der Waals surface area contributed by atoms with Crippen molar-refractivity contribution < 1.29 is 19.4 Å². The molecule has 0 radical (unpaired) electrons. The van der Waals surface area contributed by atoms with Crippen LogP contribution in [-0.4, -0.2) is 55.0 Å². The smallest absolute Gasteiger partial charge is 0.222 e. The summed E-state index contributed by atoms with van der Waals surface area (Å²) in [6, 6.07) is 11.7. The first-order valence-corrected chi connectivity index (χ1v) is 9.96. The SMILES string of the molecule is CN(C)c1ccc2c(c1)[C@@H]1C[C@@H](CC(=O)NCc3ccccn3)O[C@@H](CO)[C@@H]1O2. The first kappa shape index (κ1) is 19.7. The predicted molar refractivity (Wildman–Crippen MR) is 109 cm³/mol. The zero-order chi connectivity index (χ0) is 20.4. The summed E-state index contributed by atoms with van der Waals surface area (Å²) < 4.78 is 12.1. The van der Waals surface area contributed by atoms with E-state index in [1.165, 1.54) is 0 Å². The van der Waals surface area contributed by atoms with E-state index in [1.807, 2.05) is 44.4 Å². The molecular weight excluding hydrogens is 370 g/mol. The van der Waals surface area contributed by atoms with E-state index in [0.717, 1.165) is 22.7 Å². The number of pyridine rings is 1. The third-order valence-corrected chi connectivity index (χ3v) is 5.61. The van der Waals surface area contributed by atoms with Crippen molar-refractivity contribution in [2.45, 2.75) is 43.6 Å². The lowest BCUT2D eigenvalue weighted by atomic mass is 9.84. The van der Waals surface area contributed by atoms with Gasteiger partial charge in [0.05, 0.1) is 31.4 Å². The Balaban J connectivity index is 1.44. The molecule has 7 nitrogen and oxygen atoms in total. The van der Waals surface area contributed by atoms with Gasteiger partial charge < -0.3 is 24.8 Å². The number of anilines is 1. The number of carbonyl (C=O) groups is 1. The highest BCUT2D eigenvalue weighted by Gasteiger charge is 2.46. The summed E-state index contributed by atoms with van der Waals surface area (Å²) in [4.78, 5) is 18.7. The minimum atomic E-state index is -0.447. The molecule has 0 saturated carbocycles. The van der Waals surface area contributed by atoms with E-state index in [0.29, 0.717) is 13.0 Å². The maximum absolute atomic E-state index is 12.4. The van der Waals surface area contributed by atoms with Crippen molar-refractivity contribution in [3.63, 3.8) is 0 Å². The van der Waals surface area contributed by atoms with E-state index in [-0.39, 0.29) is 37.1 Å². The number of aliphatic hydroxyl groups is 1. The minimum absolute atomic E-state index is 0.0861. The molecule has 2 N–H and O–H groups in total. The van der Waals surface area contributed by atoms with Crippen LogP contribution in [0.1, 0.15) is 30.0 Å². The number of carbonyl (C=O) groups excluding carboxylic acids is 1. The fourth-order valence-electron chi connectivity index (χ4n) is 4.13. The molecule has 3 heterocycles. The quantitative estimate of drug-likeness (QED) is 0.774. The highest BCUT2D eigenvalue weighted by Crippen LogP contribution is 2.47. The number of benzene rings is 1. The fourth-order valence-corrected chi connectivity index (χ4v) is 4.13. The number of hydrogen-bond acceptors (Lipinski definition) is 6. The van der Waals surface area contributed by atoms with Gasteiger partial charge in [0.15, 0.2) is 0 Å². The number of nitrogens with zero attached hydrogens (tertiary/aromatic N) is 2. The highest BCUT2D eigenvalue weighted by atomic mass is 16.6. The van der Waals surface area contributed by atoms with Crippen molar-refractivity contribution in [2.24, 2.45) is 0 Å². The Kier molecular flexibility index (Phi) is 5.69. The molecule has 0 unspecified atom stereocenters. The third kappa shape index (κ3) is 4.21. The highest BCUT2D eigenvalue weighted by molar-refractivity contribution is 5.76. The molecule has 4 atom stereocenters. The molecule has 0 bridgehead atoms. The van der Waals surface area contributed by atoms with Gasteiger partial charge in [0.2, 0.25) is 5.91 Å². The number of aromatic nitrogens is 1. The van der Waals surface area contributed by atoms with E-state index in [1.54, 1.807) is 6.20 Å². The average molecular weight is 397 g/mol. The van der Waals surface area contributed by atoms with Gasteiger partial charge >= 0.3 is 0 Å². The van der Waals surface area contributed by atoms with E-state index in [9.17, 15) is 9.90 Å². The molecular formula is C22H27N3O4. The molecule has 154 valence electrons. The van der Waals surface area contributed by atoms with E-state index >= 15 is 0 Å². The first-order valence-electron chi connectivity index (χ1n) is 9.96. The molecule has 1 aromatic heterocycles. The Labute approximate surface area is 170 Å². The van der Waals surface area contributed by atoms with Gasteiger partial charge in [0, 0.05) is 37.5 Å². The molecule has 0 spiro atoms. The number of hydrogen-bond donors (Lipinski definition) is 2. The molecule has 2 aliphatic heterocycles. The van der Waals surface area contributed by atoms with Crippen LogP contribution in [0.2, 0.25) is 0 Å². The lowest BCUT2D eigenvalue weighted by Gasteiger charge is -2.37. The van der Waals surface area contributed by atoms with Crippen molar-refractivity contribution in [3.05, 3.63) is 53.9 Å². The van der Waals surface area contributed by atoms with E-state index < -0.39 is 6.10 Å². The third-order valence-electron chi connectivity index (χ3n) is 5.61. The Hall–Kier alpha value is -2.64. The van der Waals surface area contributed by atoms with Crippen molar-refractivity contribution in [2.75, 3.05) is 25.6 Å². The van der Waals surface area contributed by atoms with Crippen LogP contribution in [0, 0.1) is 0 Å². The number of aliphatic hydroxyl groups excluding tert-OH is 1. The number of ether oxygens (including phenoxy) is 2. The Bertz CT molecular complexity index is 858. The Morgan fingerprint density at radius 2 is 2.17 bits per heavy atom. The molecule has 2 aromatic rings. The molecule has 1 aromatic carbocycles. The monoisotopic (exact) mass is 397 g/mol. The molecule has 7 heteroatoms. The zero-order valence-corrected chi connectivity index (χ0v) is 16.7. The van der Waals surface area contributed by atoms with Gasteiger partial charge in [-0.3, -0.25) is 9.78 Å². The van der Waals surface area contributed by atoms with E-state index in [2.05, 4.69) is 21.3 Å².